The molecule has 4 rings (SSSR count). The van der Waals surface area contributed by atoms with E-state index in [0.29, 0.717) is 12.8 Å². The van der Waals surface area contributed by atoms with Gasteiger partial charge in [-0.2, -0.15) is 0 Å². The van der Waals surface area contributed by atoms with E-state index in [1.54, 1.807) is 6.92 Å². The fourth-order valence-corrected chi connectivity index (χ4v) is 8.91. The molecule has 4 saturated carbocycles. The molecule has 0 unspecified atom stereocenters. The van der Waals surface area contributed by atoms with E-state index in [-0.39, 0.29) is 45.3 Å². The Morgan fingerprint density at radius 2 is 1.56 bits per heavy atom. The highest BCUT2D eigenvalue weighted by atomic mass is 16.6. The number of aliphatic hydroxyl groups excluding tert-OH is 1. The van der Waals surface area contributed by atoms with Gasteiger partial charge in [-0.15, -0.1) is 0 Å². The van der Waals surface area contributed by atoms with Crippen LogP contribution in [0.1, 0.15) is 79.6 Å². The van der Waals surface area contributed by atoms with Gasteiger partial charge in [0.25, 0.3) is 0 Å². The second-order valence-electron chi connectivity index (χ2n) is 12.2. The molecule has 0 saturated heterocycles. The number of carbonyl (C=O) groups is 4. The first-order chi connectivity index (χ1) is 18.1. The van der Waals surface area contributed by atoms with Crippen molar-refractivity contribution in [3.63, 3.8) is 0 Å². The molecular weight excluding hydrogens is 512 g/mol. The minimum atomic E-state index is -1.66. The predicted molar refractivity (Wildman–Crippen MR) is 134 cm³/mol. The SMILES string of the molecule is CCOC(=O)[C@H]1CC[C@@]2(O)[C@@H]3CC[C@]4(O)C[C@@H](OC(C)=O)C[C@@H](O)[C@]4(COC(C)=O)[C@H]3[C@H](OC(C)=O)C[C@]12C. The average molecular weight is 555 g/mol. The monoisotopic (exact) mass is 554 g/mol. The average Bonchev–Trinajstić information content (AvgIpc) is 3.08. The van der Waals surface area contributed by atoms with Crippen LogP contribution in [0.5, 0.6) is 0 Å². The van der Waals surface area contributed by atoms with E-state index in [1.807, 2.05) is 6.92 Å². The molecule has 220 valence electrons. The van der Waals surface area contributed by atoms with Crippen LogP contribution in [0.4, 0.5) is 0 Å². The molecule has 0 aromatic rings. The lowest BCUT2D eigenvalue weighted by Crippen LogP contribution is -2.76. The molecule has 0 spiro atoms. The molecule has 3 N–H and O–H groups in total. The summed E-state index contributed by atoms with van der Waals surface area (Å²) < 4.78 is 22.1. The van der Waals surface area contributed by atoms with Gasteiger partial charge in [0, 0.05) is 44.9 Å². The van der Waals surface area contributed by atoms with Crippen molar-refractivity contribution in [2.75, 3.05) is 13.2 Å². The third kappa shape index (κ3) is 4.54. The van der Waals surface area contributed by atoms with Crippen molar-refractivity contribution in [1.82, 2.24) is 0 Å². The molecule has 0 bridgehead atoms. The van der Waals surface area contributed by atoms with Crippen LogP contribution in [-0.4, -0.2) is 81.9 Å². The topological polar surface area (TPSA) is 166 Å². The zero-order valence-corrected chi connectivity index (χ0v) is 23.4. The van der Waals surface area contributed by atoms with E-state index in [1.165, 1.54) is 20.8 Å². The summed E-state index contributed by atoms with van der Waals surface area (Å²) in [4.78, 5) is 49.2. The molecule has 11 nitrogen and oxygen atoms in total. The minimum Gasteiger partial charge on any atom is -0.466 e. The fourth-order valence-electron chi connectivity index (χ4n) is 8.91. The van der Waals surface area contributed by atoms with Crippen molar-refractivity contribution < 1.29 is 53.4 Å². The highest BCUT2D eigenvalue weighted by Crippen LogP contribution is 2.70. The van der Waals surface area contributed by atoms with Crippen molar-refractivity contribution in [3.05, 3.63) is 0 Å². The lowest BCUT2D eigenvalue weighted by Gasteiger charge is -2.68. The smallest absolute Gasteiger partial charge is 0.309 e. The Labute approximate surface area is 228 Å². The summed E-state index contributed by atoms with van der Waals surface area (Å²) in [6, 6.07) is 0. The molecule has 10 atom stereocenters. The van der Waals surface area contributed by atoms with E-state index in [2.05, 4.69) is 0 Å². The summed E-state index contributed by atoms with van der Waals surface area (Å²) in [7, 11) is 0. The molecule has 4 aliphatic rings. The first-order valence-corrected chi connectivity index (χ1v) is 13.9. The van der Waals surface area contributed by atoms with Crippen LogP contribution in [0.3, 0.4) is 0 Å². The number of ether oxygens (including phenoxy) is 4. The van der Waals surface area contributed by atoms with E-state index in [0.717, 1.165) is 0 Å². The zero-order chi connectivity index (χ0) is 29.0. The highest BCUT2D eigenvalue weighted by Gasteiger charge is 2.77. The number of hydrogen-bond donors (Lipinski definition) is 3. The van der Waals surface area contributed by atoms with Gasteiger partial charge in [-0.1, -0.05) is 6.92 Å². The van der Waals surface area contributed by atoms with Gasteiger partial charge in [-0.05, 0) is 44.9 Å². The quantitative estimate of drug-likeness (QED) is 0.321. The van der Waals surface area contributed by atoms with E-state index >= 15 is 0 Å². The zero-order valence-electron chi connectivity index (χ0n) is 23.4. The van der Waals surface area contributed by atoms with Gasteiger partial charge < -0.3 is 34.3 Å². The van der Waals surface area contributed by atoms with Crippen LogP contribution in [0.2, 0.25) is 0 Å². The van der Waals surface area contributed by atoms with Crippen molar-refractivity contribution in [2.45, 2.75) is 109 Å². The molecule has 11 heteroatoms. The van der Waals surface area contributed by atoms with Crippen LogP contribution >= 0.6 is 0 Å². The van der Waals surface area contributed by atoms with Crippen LogP contribution in [-0.2, 0) is 38.1 Å². The van der Waals surface area contributed by atoms with Gasteiger partial charge in [0.2, 0.25) is 0 Å². The lowest BCUT2D eigenvalue weighted by molar-refractivity contribution is -0.319. The second-order valence-corrected chi connectivity index (χ2v) is 12.2. The summed E-state index contributed by atoms with van der Waals surface area (Å²) in [6.45, 7) is 7.09. The standard InChI is InChI=1S/C28H42O11/c1-6-36-24(33)20-8-10-28(35)19-7-9-26(34)12-18(38-16(3)30)11-22(32)27(26,14-37-15(2)29)23(19)21(39-17(4)31)13-25(20,28)5/h18-23,32,34-35H,6-14H2,1-5H3/t18-,19+,20+,21+,22+,23+,25+,26-,27+,28+/m0/s1. The first kappa shape index (κ1) is 29.7. The Balaban J connectivity index is 1.86. The number of carbonyl (C=O) groups excluding carboxylic acids is 4. The Bertz CT molecular complexity index is 1010. The predicted octanol–water partition coefficient (Wildman–Crippen LogP) is 1.43. The lowest BCUT2D eigenvalue weighted by atomic mass is 9.40. The molecule has 4 fully saturated rings. The number of aliphatic hydroxyl groups is 3. The molecule has 0 aliphatic heterocycles. The minimum absolute atomic E-state index is 0.0118. The van der Waals surface area contributed by atoms with E-state index in [4.69, 9.17) is 18.9 Å². The molecule has 0 heterocycles. The Morgan fingerprint density at radius 3 is 2.15 bits per heavy atom. The number of esters is 4. The molecule has 0 aromatic carbocycles. The molecule has 0 aromatic heterocycles. The van der Waals surface area contributed by atoms with Gasteiger partial charge >= 0.3 is 23.9 Å². The van der Waals surface area contributed by atoms with Crippen molar-refractivity contribution in [2.24, 2.45) is 28.6 Å². The van der Waals surface area contributed by atoms with Crippen LogP contribution in [0.15, 0.2) is 0 Å². The maximum Gasteiger partial charge on any atom is 0.309 e. The Kier molecular flexibility index (Phi) is 7.86. The van der Waals surface area contributed by atoms with Gasteiger partial charge in [0.1, 0.15) is 18.8 Å². The van der Waals surface area contributed by atoms with Gasteiger partial charge in [-0.3, -0.25) is 19.2 Å². The molecular formula is C28H42O11. The summed E-state index contributed by atoms with van der Waals surface area (Å²) in [5.74, 6) is -4.21. The Morgan fingerprint density at radius 1 is 0.897 bits per heavy atom. The summed E-state index contributed by atoms with van der Waals surface area (Å²) in [5.41, 5.74) is -5.60. The van der Waals surface area contributed by atoms with Crippen LogP contribution in [0, 0.1) is 28.6 Å². The summed E-state index contributed by atoms with van der Waals surface area (Å²) in [5, 5.41) is 36.5. The molecule has 39 heavy (non-hydrogen) atoms. The van der Waals surface area contributed by atoms with Crippen molar-refractivity contribution >= 4 is 23.9 Å². The molecule has 4 aliphatic carbocycles. The molecule has 0 amide bonds. The molecule has 0 radical (unpaired) electrons. The number of fused-ring (bicyclic) bond motifs is 5. The van der Waals surface area contributed by atoms with Gasteiger partial charge in [-0.25, -0.2) is 0 Å². The first-order valence-electron chi connectivity index (χ1n) is 13.9. The third-order valence-electron chi connectivity index (χ3n) is 10.4. The van der Waals surface area contributed by atoms with E-state index in [9.17, 15) is 34.5 Å². The fraction of sp³-hybridized carbons (Fsp3) is 0.857. The van der Waals surface area contributed by atoms with Gasteiger partial charge in [0.05, 0.1) is 35.2 Å². The van der Waals surface area contributed by atoms with Crippen LogP contribution in [0.25, 0.3) is 0 Å². The third-order valence-corrected chi connectivity index (χ3v) is 10.4. The van der Waals surface area contributed by atoms with Crippen LogP contribution < -0.4 is 0 Å². The largest absolute Gasteiger partial charge is 0.466 e. The highest BCUT2D eigenvalue weighted by molar-refractivity contribution is 5.74. The normalized spacial score (nSPS) is 44.7. The van der Waals surface area contributed by atoms with E-state index < -0.39 is 82.0 Å². The maximum absolute atomic E-state index is 13.0. The van der Waals surface area contributed by atoms with Gasteiger partial charge in [0.15, 0.2) is 0 Å². The second kappa shape index (κ2) is 10.3. The van der Waals surface area contributed by atoms with Crippen molar-refractivity contribution in [1.29, 1.82) is 0 Å². The summed E-state index contributed by atoms with van der Waals surface area (Å²) in [6.07, 6.45) is -1.88. The number of rotatable bonds is 6. The number of hydrogen-bond acceptors (Lipinski definition) is 11. The summed E-state index contributed by atoms with van der Waals surface area (Å²) >= 11 is 0. The van der Waals surface area contributed by atoms with Crippen molar-refractivity contribution in [3.8, 4) is 0 Å². The Hall–Kier alpha value is -2.24. The maximum atomic E-state index is 13.0.